The van der Waals surface area contributed by atoms with E-state index in [1.807, 2.05) is 54.8 Å². The van der Waals surface area contributed by atoms with Gasteiger partial charge in [0.1, 0.15) is 6.04 Å². The van der Waals surface area contributed by atoms with E-state index in [0.717, 1.165) is 16.0 Å². The van der Waals surface area contributed by atoms with Gasteiger partial charge in [0.25, 0.3) is 5.56 Å². The second kappa shape index (κ2) is 7.93. The van der Waals surface area contributed by atoms with Crippen molar-refractivity contribution >= 4 is 34.7 Å². The summed E-state index contributed by atoms with van der Waals surface area (Å²) in [5, 5.41) is 1.94. The molecule has 0 saturated carbocycles. The molecule has 3 heterocycles. The maximum absolute atomic E-state index is 13.3. The minimum absolute atomic E-state index is 0.151. The molecule has 148 valence electrons. The second-order valence-corrected chi connectivity index (χ2v) is 8.72. The molecule has 0 saturated heterocycles. The van der Waals surface area contributed by atoms with Crippen molar-refractivity contribution in [3.63, 3.8) is 0 Å². The Labute approximate surface area is 175 Å². The quantitative estimate of drug-likeness (QED) is 0.605. The second-order valence-electron chi connectivity index (χ2n) is 6.73. The number of fused-ring (bicyclic) bond motifs is 1. The molecule has 5 nitrogen and oxygen atoms in total. The average Bonchev–Trinajstić information content (AvgIpc) is 3.32. The molecule has 1 unspecified atom stereocenters. The number of carbonyl (C=O) groups excluding carboxylic acids is 1. The van der Waals surface area contributed by atoms with Crippen LogP contribution in [0.5, 0.6) is 0 Å². The standard InChI is InChI=1S/C22H20N2O3S2/c1-4-27-21(26)18-14(3)23-22-24(19(18)16-6-5-11-28-16)20(25)17(29-22)12-15-9-7-13(2)8-10-15/h5-12,19H,4H2,1-3H3/b17-12-. The Morgan fingerprint density at radius 3 is 2.66 bits per heavy atom. The molecule has 0 amide bonds. The van der Waals surface area contributed by atoms with Gasteiger partial charge in [-0.25, -0.2) is 9.79 Å². The molecule has 0 fully saturated rings. The highest BCUT2D eigenvalue weighted by molar-refractivity contribution is 7.10. The van der Waals surface area contributed by atoms with E-state index in [4.69, 9.17) is 4.74 Å². The Bertz CT molecular complexity index is 1260. The van der Waals surface area contributed by atoms with E-state index in [1.54, 1.807) is 18.4 Å². The lowest BCUT2D eigenvalue weighted by molar-refractivity contribution is -0.139. The van der Waals surface area contributed by atoms with Crippen molar-refractivity contribution in [1.29, 1.82) is 0 Å². The molecule has 0 N–H and O–H groups in total. The number of ether oxygens (including phenoxy) is 1. The van der Waals surface area contributed by atoms with Gasteiger partial charge in [-0.2, -0.15) is 0 Å². The molecule has 0 bridgehead atoms. The summed E-state index contributed by atoms with van der Waals surface area (Å²) in [6.45, 7) is 5.86. The van der Waals surface area contributed by atoms with Gasteiger partial charge in [-0.1, -0.05) is 47.2 Å². The SMILES string of the molecule is CCOC(=O)C1=C(C)N=c2s/c(=C\c3ccc(C)cc3)c(=O)n2C1c1cccs1. The summed E-state index contributed by atoms with van der Waals surface area (Å²) in [6, 6.07) is 11.3. The molecule has 0 radical (unpaired) electrons. The van der Waals surface area contributed by atoms with Crippen LogP contribution in [0, 0.1) is 6.92 Å². The maximum Gasteiger partial charge on any atom is 0.338 e. The number of hydrogen-bond acceptors (Lipinski definition) is 6. The fourth-order valence-corrected chi connectivity index (χ4v) is 5.19. The third-order valence-electron chi connectivity index (χ3n) is 4.70. The molecular weight excluding hydrogens is 404 g/mol. The number of allylic oxidation sites excluding steroid dienone is 1. The highest BCUT2D eigenvalue weighted by Gasteiger charge is 2.33. The van der Waals surface area contributed by atoms with Gasteiger partial charge in [-0.15, -0.1) is 11.3 Å². The highest BCUT2D eigenvalue weighted by Crippen LogP contribution is 2.33. The summed E-state index contributed by atoms with van der Waals surface area (Å²) in [4.78, 5) is 32.1. The number of aryl methyl sites for hydroxylation is 1. The number of nitrogens with zero attached hydrogens (tertiary/aromatic N) is 2. The van der Waals surface area contributed by atoms with Crippen LogP contribution in [-0.4, -0.2) is 17.1 Å². The van der Waals surface area contributed by atoms with Crippen LogP contribution in [0.3, 0.4) is 0 Å². The van der Waals surface area contributed by atoms with Gasteiger partial charge < -0.3 is 4.74 Å². The van der Waals surface area contributed by atoms with Gasteiger partial charge in [0.15, 0.2) is 4.80 Å². The molecule has 1 aliphatic heterocycles. The number of thiazole rings is 1. The summed E-state index contributed by atoms with van der Waals surface area (Å²) in [5.74, 6) is -0.431. The first-order valence-electron chi connectivity index (χ1n) is 9.29. The first-order valence-corrected chi connectivity index (χ1v) is 11.0. The van der Waals surface area contributed by atoms with E-state index in [-0.39, 0.29) is 12.2 Å². The topological polar surface area (TPSA) is 60.7 Å². The number of aromatic nitrogens is 1. The van der Waals surface area contributed by atoms with Crippen molar-refractivity contribution in [3.8, 4) is 0 Å². The molecule has 4 rings (SSSR count). The van der Waals surface area contributed by atoms with Crippen molar-refractivity contribution in [3.05, 3.63) is 88.7 Å². The fraction of sp³-hybridized carbons (Fsp3) is 0.227. The number of rotatable bonds is 4. The van der Waals surface area contributed by atoms with Crippen molar-refractivity contribution < 1.29 is 9.53 Å². The van der Waals surface area contributed by atoms with E-state index < -0.39 is 12.0 Å². The first-order chi connectivity index (χ1) is 14.0. The number of thiophene rings is 1. The lowest BCUT2D eigenvalue weighted by Gasteiger charge is -2.23. The van der Waals surface area contributed by atoms with Gasteiger partial charge in [0.05, 0.1) is 22.4 Å². The van der Waals surface area contributed by atoms with Gasteiger partial charge >= 0.3 is 5.97 Å². The molecule has 29 heavy (non-hydrogen) atoms. The average molecular weight is 425 g/mol. The zero-order chi connectivity index (χ0) is 20.5. The zero-order valence-electron chi connectivity index (χ0n) is 16.3. The van der Waals surface area contributed by atoms with Crippen LogP contribution in [0.2, 0.25) is 0 Å². The minimum atomic E-state index is -0.523. The summed E-state index contributed by atoms with van der Waals surface area (Å²) in [6.07, 6.45) is 1.87. The molecule has 3 aromatic rings. The van der Waals surface area contributed by atoms with Gasteiger partial charge in [0, 0.05) is 4.88 Å². The Hall–Kier alpha value is -2.77. The Morgan fingerprint density at radius 2 is 2.00 bits per heavy atom. The van der Waals surface area contributed by atoms with E-state index in [0.29, 0.717) is 20.6 Å². The third kappa shape index (κ3) is 3.63. The van der Waals surface area contributed by atoms with Crippen LogP contribution < -0.4 is 14.9 Å². The summed E-state index contributed by atoms with van der Waals surface area (Å²) >= 11 is 2.85. The fourth-order valence-electron chi connectivity index (χ4n) is 3.32. The molecule has 0 spiro atoms. The van der Waals surface area contributed by atoms with E-state index >= 15 is 0 Å². The van der Waals surface area contributed by atoms with Crippen molar-refractivity contribution in [1.82, 2.24) is 4.57 Å². The third-order valence-corrected chi connectivity index (χ3v) is 6.61. The van der Waals surface area contributed by atoms with Crippen molar-refractivity contribution in [2.24, 2.45) is 4.99 Å². The van der Waals surface area contributed by atoms with E-state index in [9.17, 15) is 9.59 Å². The first kappa shape index (κ1) is 19.5. The van der Waals surface area contributed by atoms with Crippen LogP contribution in [0.25, 0.3) is 6.08 Å². The van der Waals surface area contributed by atoms with Crippen LogP contribution in [0.15, 0.2) is 62.8 Å². The van der Waals surface area contributed by atoms with Crippen LogP contribution in [0.1, 0.15) is 35.9 Å². The smallest absolute Gasteiger partial charge is 0.338 e. The molecule has 1 aromatic carbocycles. The monoisotopic (exact) mass is 424 g/mol. The van der Waals surface area contributed by atoms with Crippen molar-refractivity contribution in [2.75, 3.05) is 6.61 Å². The summed E-state index contributed by atoms with van der Waals surface area (Å²) < 4.78 is 7.49. The number of benzene rings is 1. The van der Waals surface area contributed by atoms with Crippen molar-refractivity contribution in [2.45, 2.75) is 26.8 Å². The number of hydrogen-bond donors (Lipinski definition) is 0. The Balaban J connectivity index is 1.93. The Morgan fingerprint density at radius 1 is 1.24 bits per heavy atom. The van der Waals surface area contributed by atoms with Crippen LogP contribution in [-0.2, 0) is 9.53 Å². The number of esters is 1. The lowest BCUT2D eigenvalue weighted by Crippen LogP contribution is -2.39. The van der Waals surface area contributed by atoms with Gasteiger partial charge in [-0.05, 0) is 43.9 Å². The van der Waals surface area contributed by atoms with Crippen LogP contribution >= 0.6 is 22.7 Å². The maximum atomic E-state index is 13.3. The highest BCUT2D eigenvalue weighted by atomic mass is 32.1. The van der Waals surface area contributed by atoms with Gasteiger partial charge in [-0.3, -0.25) is 9.36 Å². The van der Waals surface area contributed by atoms with Gasteiger partial charge in [0.2, 0.25) is 0 Å². The molecule has 2 aromatic heterocycles. The molecular formula is C22H20N2O3S2. The molecule has 1 aliphatic rings. The zero-order valence-corrected chi connectivity index (χ0v) is 18.0. The lowest BCUT2D eigenvalue weighted by atomic mass is 10.0. The normalized spacial score (nSPS) is 16.5. The summed E-state index contributed by atoms with van der Waals surface area (Å²) in [7, 11) is 0. The van der Waals surface area contributed by atoms with E-state index in [1.165, 1.54) is 22.7 Å². The largest absolute Gasteiger partial charge is 0.463 e. The minimum Gasteiger partial charge on any atom is -0.463 e. The molecule has 0 aliphatic carbocycles. The Kier molecular flexibility index (Phi) is 5.34. The molecule has 1 atom stereocenters. The summed E-state index contributed by atoms with van der Waals surface area (Å²) in [5.41, 5.74) is 2.97. The predicted molar refractivity (Wildman–Crippen MR) is 116 cm³/mol. The predicted octanol–water partition coefficient (Wildman–Crippen LogP) is 3.17. The van der Waals surface area contributed by atoms with Crippen LogP contribution in [0.4, 0.5) is 0 Å². The number of carbonyl (C=O) groups is 1. The molecule has 7 heteroatoms. The van der Waals surface area contributed by atoms with E-state index in [2.05, 4.69) is 4.99 Å².